The van der Waals surface area contributed by atoms with E-state index in [0.29, 0.717) is 12.8 Å². The fourth-order valence-corrected chi connectivity index (χ4v) is 4.88. The lowest BCUT2D eigenvalue weighted by Gasteiger charge is -2.35. The van der Waals surface area contributed by atoms with Crippen LogP contribution in [0, 0.1) is 0 Å². The third kappa shape index (κ3) is 5.99. The largest absolute Gasteiger partial charge is 0.312 e. The number of hydrogen-bond donors (Lipinski definition) is 0. The van der Waals surface area contributed by atoms with Crippen LogP contribution in [0.4, 0.5) is 5.69 Å². The van der Waals surface area contributed by atoms with Crippen molar-refractivity contribution < 1.29 is 9.59 Å². The highest BCUT2D eigenvalue weighted by Crippen LogP contribution is 2.36. The molecule has 0 bridgehead atoms. The van der Waals surface area contributed by atoms with Gasteiger partial charge in [-0.15, -0.1) is 12.4 Å². The van der Waals surface area contributed by atoms with E-state index < -0.39 is 0 Å². The monoisotopic (exact) mass is 454 g/mol. The van der Waals surface area contributed by atoms with Gasteiger partial charge in [0.25, 0.3) is 0 Å². The molecule has 2 heterocycles. The molecule has 0 saturated heterocycles. The molecule has 2 aliphatic heterocycles. The molecule has 0 fully saturated rings. The van der Waals surface area contributed by atoms with Gasteiger partial charge in [-0.2, -0.15) is 0 Å². The Kier molecular flexibility index (Phi) is 8.89. The summed E-state index contributed by atoms with van der Waals surface area (Å²) in [6, 6.07) is 14.7. The van der Waals surface area contributed by atoms with Crippen molar-refractivity contribution in [1.82, 2.24) is 4.90 Å². The maximum atomic E-state index is 12.8. The lowest BCUT2D eigenvalue weighted by atomic mass is 9.88. The molecule has 2 aromatic rings. The number of benzene rings is 2. The van der Waals surface area contributed by atoms with Crippen LogP contribution in [-0.2, 0) is 24.1 Å². The summed E-state index contributed by atoms with van der Waals surface area (Å²) in [7, 11) is 2.18. The number of carbonyl (C=O) groups excluding carboxylic acids is 2. The predicted octanol–water partition coefficient (Wildman–Crippen LogP) is 5.25. The van der Waals surface area contributed by atoms with Gasteiger partial charge in [-0.3, -0.25) is 9.59 Å². The van der Waals surface area contributed by atoms with Crippen molar-refractivity contribution in [3.8, 4) is 0 Å². The third-order valence-corrected chi connectivity index (χ3v) is 6.67. The van der Waals surface area contributed by atoms with E-state index in [1.54, 1.807) is 0 Å². The van der Waals surface area contributed by atoms with Crippen LogP contribution in [0.5, 0.6) is 0 Å². The van der Waals surface area contributed by atoms with Crippen molar-refractivity contribution in [2.75, 3.05) is 31.6 Å². The first-order valence-corrected chi connectivity index (χ1v) is 11.8. The number of Topliss-reactive ketones (excluding diaryl/α,β-unsaturated/α-hetero) is 1. The number of nitrogens with zero attached hydrogens (tertiary/aromatic N) is 2. The Hall–Kier alpha value is -2.17. The summed E-state index contributed by atoms with van der Waals surface area (Å²) in [4.78, 5) is 29.4. The molecule has 2 aromatic carbocycles. The normalized spacial score (nSPS) is 14.8. The molecule has 0 saturated carbocycles. The van der Waals surface area contributed by atoms with Crippen molar-refractivity contribution in [3.63, 3.8) is 0 Å². The van der Waals surface area contributed by atoms with Crippen molar-refractivity contribution in [2.45, 2.75) is 57.8 Å². The number of carbonyl (C=O) groups is 2. The summed E-state index contributed by atoms with van der Waals surface area (Å²) in [5.41, 5.74) is 5.74. The Morgan fingerprint density at radius 2 is 1.72 bits per heavy atom. The van der Waals surface area contributed by atoms with Crippen LogP contribution in [0.1, 0.15) is 65.6 Å². The van der Waals surface area contributed by atoms with Gasteiger partial charge in [0, 0.05) is 31.5 Å². The molecule has 172 valence electrons. The topological polar surface area (TPSA) is 40.6 Å². The van der Waals surface area contributed by atoms with Crippen LogP contribution >= 0.6 is 12.4 Å². The Labute approximate surface area is 198 Å². The van der Waals surface area contributed by atoms with Crippen LogP contribution in [0.3, 0.4) is 0 Å². The molecular weight excluding hydrogens is 420 g/mol. The molecular formula is C27H35ClN2O2. The molecule has 5 heteroatoms. The first-order valence-electron chi connectivity index (χ1n) is 11.8. The molecule has 0 spiro atoms. The van der Waals surface area contributed by atoms with Gasteiger partial charge >= 0.3 is 0 Å². The zero-order valence-corrected chi connectivity index (χ0v) is 20.0. The van der Waals surface area contributed by atoms with Gasteiger partial charge in [-0.05, 0) is 80.9 Å². The molecule has 4 nitrogen and oxygen atoms in total. The molecule has 0 radical (unpaired) electrons. The highest BCUT2D eigenvalue weighted by Gasteiger charge is 2.30. The van der Waals surface area contributed by atoms with E-state index in [-0.39, 0.29) is 24.1 Å². The third-order valence-electron chi connectivity index (χ3n) is 6.67. The molecule has 4 rings (SSSR count). The zero-order chi connectivity index (χ0) is 21.6. The van der Waals surface area contributed by atoms with Gasteiger partial charge in [0.05, 0.1) is 5.69 Å². The van der Waals surface area contributed by atoms with Crippen LogP contribution in [0.15, 0.2) is 42.5 Å². The number of anilines is 1. The fourth-order valence-electron chi connectivity index (χ4n) is 4.88. The molecule has 32 heavy (non-hydrogen) atoms. The number of ketones is 1. The second kappa shape index (κ2) is 11.6. The van der Waals surface area contributed by atoms with Gasteiger partial charge in [0.15, 0.2) is 5.78 Å². The molecule has 0 aliphatic carbocycles. The van der Waals surface area contributed by atoms with Crippen LogP contribution in [0.2, 0.25) is 0 Å². The van der Waals surface area contributed by atoms with Crippen LogP contribution < -0.4 is 4.90 Å². The summed E-state index contributed by atoms with van der Waals surface area (Å²) >= 11 is 0. The van der Waals surface area contributed by atoms with E-state index >= 15 is 0 Å². The number of unbranched alkanes of at least 4 members (excludes halogenated alkanes) is 2. The molecule has 0 aromatic heterocycles. The zero-order valence-electron chi connectivity index (χ0n) is 19.1. The van der Waals surface area contributed by atoms with E-state index in [0.717, 1.165) is 75.8 Å². The van der Waals surface area contributed by atoms with Gasteiger partial charge in [0.1, 0.15) is 0 Å². The number of rotatable bonds is 10. The average molecular weight is 455 g/mol. The van der Waals surface area contributed by atoms with E-state index in [2.05, 4.69) is 54.4 Å². The number of hydrogen-bond acceptors (Lipinski definition) is 3. The standard InChI is InChI=1S/C27H34N2O2.ClH/c1-28(18-15-21-9-4-2-5-10-21)16-7-3-6-12-25(30)24-19-22-11-8-17-29-26(31)14-13-23(20-24)27(22)29;/h2,4-5,9-10,19-20H,3,6-8,11-18H2,1H3;1H. The summed E-state index contributed by atoms with van der Waals surface area (Å²) in [5, 5.41) is 0. The quantitative estimate of drug-likeness (QED) is 0.363. The number of aryl methyl sites for hydroxylation is 2. The van der Waals surface area contributed by atoms with Crippen molar-refractivity contribution >= 4 is 29.8 Å². The highest BCUT2D eigenvalue weighted by molar-refractivity contribution is 6.01. The predicted molar refractivity (Wildman–Crippen MR) is 133 cm³/mol. The van der Waals surface area contributed by atoms with E-state index in [1.165, 1.54) is 16.7 Å². The summed E-state index contributed by atoms with van der Waals surface area (Å²) in [6.07, 6.45) is 8.18. The van der Waals surface area contributed by atoms with Gasteiger partial charge in [0.2, 0.25) is 5.91 Å². The van der Waals surface area contributed by atoms with Gasteiger partial charge in [-0.1, -0.05) is 36.8 Å². The van der Waals surface area contributed by atoms with E-state index in [1.807, 2.05) is 4.90 Å². The van der Waals surface area contributed by atoms with E-state index in [9.17, 15) is 9.59 Å². The van der Waals surface area contributed by atoms with Crippen molar-refractivity contribution in [2.24, 2.45) is 0 Å². The first-order chi connectivity index (χ1) is 15.1. The Morgan fingerprint density at radius 1 is 0.969 bits per heavy atom. The average Bonchev–Trinajstić information content (AvgIpc) is 2.80. The number of halogens is 1. The van der Waals surface area contributed by atoms with Gasteiger partial charge in [-0.25, -0.2) is 0 Å². The maximum absolute atomic E-state index is 12.8. The Bertz CT molecular complexity index is 912. The molecule has 1 amide bonds. The number of amides is 1. The molecule has 0 atom stereocenters. The number of likely N-dealkylation sites (N-methyl/N-ethyl adjacent to an activating group) is 1. The summed E-state index contributed by atoms with van der Waals surface area (Å²) < 4.78 is 0. The minimum Gasteiger partial charge on any atom is -0.312 e. The molecule has 0 unspecified atom stereocenters. The van der Waals surface area contributed by atoms with E-state index in [4.69, 9.17) is 0 Å². The minimum absolute atomic E-state index is 0. The fraction of sp³-hybridized carbons (Fsp3) is 0.481. The first kappa shape index (κ1) is 24.5. The minimum atomic E-state index is 0. The second-order valence-electron chi connectivity index (χ2n) is 9.06. The highest BCUT2D eigenvalue weighted by atomic mass is 35.5. The maximum Gasteiger partial charge on any atom is 0.227 e. The van der Waals surface area contributed by atoms with Crippen LogP contribution in [-0.4, -0.2) is 43.3 Å². The lowest BCUT2D eigenvalue weighted by Crippen LogP contribution is -2.39. The van der Waals surface area contributed by atoms with Crippen molar-refractivity contribution in [3.05, 3.63) is 64.7 Å². The lowest BCUT2D eigenvalue weighted by molar-refractivity contribution is -0.119. The smallest absolute Gasteiger partial charge is 0.227 e. The SMILES string of the molecule is CN(CCCCCC(=O)c1cc2c3c(c1)CCC(=O)N3CCC2)CCc1ccccc1.Cl. The molecule has 2 aliphatic rings. The second-order valence-corrected chi connectivity index (χ2v) is 9.06. The van der Waals surface area contributed by atoms with Gasteiger partial charge < -0.3 is 9.80 Å². The van der Waals surface area contributed by atoms with Crippen molar-refractivity contribution in [1.29, 1.82) is 0 Å². The Morgan fingerprint density at radius 3 is 2.50 bits per heavy atom. The summed E-state index contributed by atoms with van der Waals surface area (Å²) in [6.45, 7) is 2.97. The molecule has 0 N–H and O–H groups in total. The summed E-state index contributed by atoms with van der Waals surface area (Å²) in [5.74, 6) is 0.492. The van der Waals surface area contributed by atoms with Crippen LogP contribution in [0.25, 0.3) is 0 Å². The Balaban J connectivity index is 0.00000289.